The lowest BCUT2D eigenvalue weighted by Gasteiger charge is -2.05. The number of rotatable bonds is 5. The second kappa shape index (κ2) is 7.08. The molecule has 0 bridgehead atoms. The molecule has 0 saturated heterocycles. The Bertz CT molecular complexity index is 395. The smallest absolute Gasteiger partial charge is 0.252 e. The standard InChI is InChI=1S/C13H14BrNO/c1-2-3-4-7-10-15-13(16)11-8-5-6-9-12(11)14/h1,5-6,8-9H,3-4,7,10H2,(H,15,16). The number of nitrogens with one attached hydrogen (secondary N) is 1. The number of hydrogen-bond donors (Lipinski definition) is 1. The van der Waals surface area contributed by atoms with Crippen LogP contribution < -0.4 is 5.32 Å². The second-order valence-corrected chi connectivity index (χ2v) is 4.25. The molecule has 0 saturated carbocycles. The maximum Gasteiger partial charge on any atom is 0.252 e. The molecule has 0 fully saturated rings. The van der Waals surface area contributed by atoms with E-state index in [2.05, 4.69) is 27.2 Å². The van der Waals surface area contributed by atoms with Crippen LogP contribution in [0.4, 0.5) is 0 Å². The highest BCUT2D eigenvalue weighted by molar-refractivity contribution is 9.10. The molecule has 0 aromatic heterocycles. The van der Waals surface area contributed by atoms with Gasteiger partial charge in [-0.3, -0.25) is 4.79 Å². The van der Waals surface area contributed by atoms with Gasteiger partial charge < -0.3 is 5.32 Å². The highest BCUT2D eigenvalue weighted by atomic mass is 79.9. The monoisotopic (exact) mass is 279 g/mol. The molecule has 0 spiro atoms. The Morgan fingerprint density at radius 1 is 1.38 bits per heavy atom. The summed E-state index contributed by atoms with van der Waals surface area (Å²) in [4.78, 5) is 11.7. The van der Waals surface area contributed by atoms with Crippen LogP contribution in [-0.4, -0.2) is 12.5 Å². The Kier molecular flexibility index (Phi) is 5.66. The predicted molar refractivity (Wildman–Crippen MR) is 69.2 cm³/mol. The normalized spacial score (nSPS) is 9.50. The van der Waals surface area contributed by atoms with Crippen LogP contribution in [0.2, 0.25) is 0 Å². The van der Waals surface area contributed by atoms with Crippen LogP contribution in [-0.2, 0) is 0 Å². The molecule has 84 valence electrons. The molecule has 2 nitrogen and oxygen atoms in total. The van der Waals surface area contributed by atoms with Crippen molar-refractivity contribution in [2.24, 2.45) is 0 Å². The van der Waals surface area contributed by atoms with Crippen LogP contribution in [0.25, 0.3) is 0 Å². The van der Waals surface area contributed by atoms with Crippen molar-refractivity contribution in [3.8, 4) is 12.3 Å². The first-order chi connectivity index (χ1) is 7.75. The first-order valence-electron chi connectivity index (χ1n) is 5.22. The van der Waals surface area contributed by atoms with Gasteiger partial charge in [-0.25, -0.2) is 0 Å². The molecule has 0 aliphatic heterocycles. The lowest BCUT2D eigenvalue weighted by Crippen LogP contribution is -2.24. The van der Waals surface area contributed by atoms with Crippen molar-refractivity contribution in [3.63, 3.8) is 0 Å². The number of carbonyl (C=O) groups excluding carboxylic acids is 1. The number of amides is 1. The van der Waals surface area contributed by atoms with Gasteiger partial charge in [-0.15, -0.1) is 12.3 Å². The van der Waals surface area contributed by atoms with Gasteiger partial charge in [-0.1, -0.05) is 12.1 Å². The first-order valence-corrected chi connectivity index (χ1v) is 6.01. The zero-order valence-electron chi connectivity index (χ0n) is 9.00. The molecule has 1 amide bonds. The molecule has 0 aliphatic carbocycles. The summed E-state index contributed by atoms with van der Waals surface area (Å²) in [6, 6.07) is 7.37. The molecular weight excluding hydrogens is 266 g/mol. The molecule has 16 heavy (non-hydrogen) atoms. The number of benzene rings is 1. The number of halogens is 1. The van der Waals surface area contributed by atoms with Crippen LogP contribution in [0.3, 0.4) is 0 Å². The van der Waals surface area contributed by atoms with Crippen molar-refractivity contribution in [2.45, 2.75) is 19.3 Å². The molecule has 0 atom stereocenters. The van der Waals surface area contributed by atoms with E-state index >= 15 is 0 Å². The summed E-state index contributed by atoms with van der Waals surface area (Å²) >= 11 is 3.34. The largest absolute Gasteiger partial charge is 0.352 e. The first kappa shape index (κ1) is 12.8. The van der Waals surface area contributed by atoms with Gasteiger partial charge in [0.15, 0.2) is 0 Å². The van der Waals surface area contributed by atoms with Crippen LogP contribution in [0.1, 0.15) is 29.6 Å². The molecule has 3 heteroatoms. The molecule has 1 rings (SSSR count). The fraction of sp³-hybridized carbons (Fsp3) is 0.308. The summed E-state index contributed by atoms with van der Waals surface area (Å²) in [6.07, 6.45) is 7.77. The van der Waals surface area contributed by atoms with E-state index < -0.39 is 0 Å². The minimum Gasteiger partial charge on any atom is -0.352 e. The molecule has 1 aromatic carbocycles. The number of terminal acetylenes is 1. The second-order valence-electron chi connectivity index (χ2n) is 3.40. The fourth-order valence-electron chi connectivity index (χ4n) is 1.29. The van der Waals surface area contributed by atoms with E-state index in [0.717, 1.165) is 23.7 Å². The molecular formula is C13H14BrNO. The van der Waals surface area contributed by atoms with E-state index in [1.165, 1.54) is 0 Å². The summed E-state index contributed by atoms with van der Waals surface area (Å²) < 4.78 is 0.816. The van der Waals surface area contributed by atoms with Gasteiger partial charge in [0.1, 0.15) is 0 Å². The van der Waals surface area contributed by atoms with E-state index in [1.807, 2.05) is 18.2 Å². The predicted octanol–water partition coefficient (Wildman–Crippen LogP) is 2.98. The zero-order valence-corrected chi connectivity index (χ0v) is 10.6. The van der Waals surface area contributed by atoms with E-state index in [4.69, 9.17) is 6.42 Å². The highest BCUT2D eigenvalue weighted by Gasteiger charge is 2.07. The lowest BCUT2D eigenvalue weighted by atomic mass is 10.2. The Morgan fingerprint density at radius 3 is 2.81 bits per heavy atom. The zero-order chi connectivity index (χ0) is 11.8. The minimum atomic E-state index is -0.0480. The van der Waals surface area contributed by atoms with E-state index in [0.29, 0.717) is 12.1 Å². The van der Waals surface area contributed by atoms with Gasteiger partial charge in [-0.05, 0) is 40.9 Å². The summed E-state index contributed by atoms with van der Waals surface area (Å²) in [6.45, 7) is 0.668. The number of carbonyl (C=O) groups is 1. The van der Waals surface area contributed by atoms with Gasteiger partial charge in [0, 0.05) is 17.4 Å². The Morgan fingerprint density at radius 2 is 2.12 bits per heavy atom. The van der Waals surface area contributed by atoms with Gasteiger partial charge in [0.2, 0.25) is 0 Å². The third kappa shape index (κ3) is 4.08. The van der Waals surface area contributed by atoms with E-state index in [9.17, 15) is 4.79 Å². The Labute approximate surface area is 105 Å². The molecule has 0 unspecified atom stereocenters. The lowest BCUT2D eigenvalue weighted by molar-refractivity contribution is 0.0952. The third-order valence-corrected chi connectivity index (χ3v) is 2.84. The van der Waals surface area contributed by atoms with Crippen molar-refractivity contribution in [1.82, 2.24) is 5.32 Å². The Hall–Kier alpha value is -1.27. The van der Waals surface area contributed by atoms with Crippen LogP contribution in [0, 0.1) is 12.3 Å². The maximum absolute atomic E-state index is 11.7. The van der Waals surface area contributed by atoms with E-state index in [1.54, 1.807) is 6.07 Å². The quantitative estimate of drug-likeness (QED) is 0.652. The Balaban J connectivity index is 2.36. The highest BCUT2D eigenvalue weighted by Crippen LogP contribution is 2.15. The van der Waals surface area contributed by atoms with Crippen molar-refractivity contribution in [1.29, 1.82) is 0 Å². The summed E-state index contributed by atoms with van der Waals surface area (Å²) in [5.74, 6) is 2.53. The van der Waals surface area contributed by atoms with Crippen LogP contribution in [0.15, 0.2) is 28.7 Å². The van der Waals surface area contributed by atoms with Crippen molar-refractivity contribution >= 4 is 21.8 Å². The van der Waals surface area contributed by atoms with Gasteiger partial charge in [-0.2, -0.15) is 0 Å². The van der Waals surface area contributed by atoms with Crippen LogP contribution >= 0.6 is 15.9 Å². The summed E-state index contributed by atoms with van der Waals surface area (Å²) in [5, 5.41) is 2.86. The average Bonchev–Trinajstić information content (AvgIpc) is 2.29. The average molecular weight is 280 g/mol. The van der Waals surface area contributed by atoms with Crippen molar-refractivity contribution in [3.05, 3.63) is 34.3 Å². The third-order valence-electron chi connectivity index (χ3n) is 2.15. The van der Waals surface area contributed by atoms with Crippen molar-refractivity contribution in [2.75, 3.05) is 6.54 Å². The number of hydrogen-bond acceptors (Lipinski definition) is 1. The number of unbranched alkanes of at least 4 members (excludes halogenated alkanes) is 2. The molecule has 1 N–H and O–H groups in total. The topological polar surface area (TPSA) is 29.1 Å². The summed E-state index contributed by atoms with van der Waals surface area (Å²) in [7, 11) is 0. The molecule has 0 heterocycles. The van der Waals surface area contributed by atoms with Crippen LogP contribution in [0.5, 0.6) is 0 Å². The van der Waals surface area contributed by atoms with Crippen molar-refractivity contribution < 1.29 is 4.79 Å². The fourth-order valence-corrected chi connectivity index (χ4v) is 1.76. The SMILES string of the molecule is C#CCCCCNC(=O)c1ccccc1Br. The van der Waals surface area contributed by atoms with Gasteiger partial charge in [0.25, 0.3) is 5.91 Å². The molecule has 1 aromatic rings. The van der Waals surface area contributed by atoms with Gasteiger partial charge >= 0.3 is 0 Å². The van der Waals surface area contributed by atoms with E-state index in [-0.39, 0.29) is 5.91 Å². The minimum absolute atomic E-state index is 0.0480. The summed E-state index contributed by atoms with van der Waals surface area (Å²) in [5.41, 5.74) is 0.666. The molecule has 0 radical (unpaired) electrons. The maximum atomic E-state index is 11.7. The van der Waals surface area contributed by atoms with Gasteiger partial charge in [0.05, 0.1) is 5.56 Å². The molecule has 0 aliphatic rings.